The molecule has 3 rings (SSSR count). The first-order valence-electron chi connectivity index (χ1n) is 9.44. The van der Waals surface area contributed by atoms with E-state index in [4.69, 9.17) is 11.6 Å². The van der Waals surface area contributed by atoms with Gasteiger partial charge in [0.05, 0.1) is 5.02 Å². The van der Waals surface area contributed by atoms with Gasteiger partial charge in [0.1, 0.15) is 4.90 Å². The van der Waals surface area contributed by atoms with Crippen LogP contribution in [0.2, 0.25) is 5.02 Å². The van der Waals surface area contributed by atoms with E-state index >= 15 is 0 Å². The number of amides is 1. The van der Waals surface area contributed by atoms with E-state index in [1.165, 1.54) is 18.6 Å². The Hall–Kier alpha value is -2.05. The van der Waals surface area contributed by atoms with Gasteiger partial charge in [0, 0.05) is 24.3 Å². The van der Waals surface area contributed by atoms with Gasteiger partial charge < -0.3 is 4.90 Å². The molecule has 7 heteroatoms. The molecule has 1 N–H and O–H groups in total. The summed E-state index contributed by atoms with van der Waals surface area (Å²) in [6.07, 6.45) is 5.39. The minimum absolute atomic E-state index is 0.0806. The third-order valence-corrected chi connectivity index (χ3v) is 7.04. The molecule has 0 unspecified atom stereocenters. The van der Waals surface area contributed by atoms with Crippen molar-refractivity contribution in [1.29, 1.82) is 0 Å². The molecule has 0 aromatic heterocycles. The molecule has 0 bridgehead atoms. The van der Waals surface area contributed by atoms with E-state index < -0.39 is 10.0 Å². The van der Waals surface area contributed by atoms with Gasteiger partial charge >= 0.3 is 0 Å². The van der Waals surface area contributed by atoms with Crippen molar-refractivity contribution < 1.29 is 13.2 Å². The Bertz CT molecular complexity index is 969. The lowest BCUT2D eigenvalue weighted by Crippen LogP contribution is -2.38. The summed E-state index contributed by atoms with van der Waals surface area (Å²) in [5, 5.41) is 0.0806. The van der Waals surface area contributed by atoms with Crippen LogP contribution in [0.25, 0.3) is 0 Å². The molecule has 2 aromatic carbocycles. The number of anilines is 1. The molecule has 0 spiro atoms. The van der Waals surface area contributed by atoms with E-state index in [2.05, 4.69) is 4.72 Å². The van der Waals surface area contributed by atoms with Gasteiger partial charge in [-0.15, -0.1) is 0 Å². The lowest BCUT2D eigenvalue weighted by Gasteiger charge is -2.31. The highest BCUT2D eigenvalue weighted by molar-refractivity contribution is 7.92. The Labute approximate surface area is 171 Å². The van der Waals surface area contributed by atoms with Crippen LogP contribution in [-0.2, 0) is 10.0 Å². The Kier molecular flexibility index (Phi) is 6.30. The predicted molar refractivity (Wildman–Crippen MR) is 112 cm³/mol. The highest BCUT2D eigenvalue weighted by Gasteiger charge is 2.25. The topological polar surface area (TPSA) is 66.5 Å². The van der Waals surface area contributed by atoms with Crippen LogP contribution in [0.3, 0.4) is 0 Å². The standard InChI is InChI=1S/C21H25ClN2O3S/c1-15-7-6-8-17(13-15)23-28(26,27)20-14-16(11-12-19(20)22)21(25)24(2)18-9-4-3-5-10-18/h6-8,11-14,18,23H,3-5,9-10H2,1-2H3. The maximum atomic E-state index is 12.9. The van der Waals surface area contributed by atoms with Crippen molar-refractivity contribution in [3.63, 3.8) is 0 Å². The Morgan fingerprint density at radius 3 is 2.50 bits per heavy atom. The lowest BCUT2D eigenvalue weighted by molar-refractivity contribution is 0.0696. The van der Waals surface area contributed by atoms with Gasteiger partial charge in [-0.25, -0.2) is 8.42 Å². The Morgan fingerprint density at radius 2 is 1.82 bits per heavy atom. The minimum atomic E-state index is -3.92. The van der Waals surface area contributed by atoms with Crippen LogP contribution in [0.4, 0.5) is 5.69 Å². The summed E-state index contributed by atoms with van der Waals surface area (Å²) in [7, 11) is -2.14. The van der Waals surface area contributed by atoms with Crippen LogP contribution in [0, 0.1) is 6.92 Å². The average Bonchev–Trinajstić information content (AvgIpc) is 2.67. The molecule has 0 radical (unpaired) electrons. The molecule has 1 fully saturated rings. The quantitative estimate of drug-likeness (QED) is 0.751. The summed E-state index contributed by atoms with van der Waals surface area (Å²) in [6, 6.07) is 11.7. The molecule has 1 amide bonds. The van der Waals surface area contributed by atoms with E-state index in [0.717, 1.165) is 31.2 Å². The molecule has 1 aliphatic rings. The van der Waals surface area contributed by atoms with E-state index in [1.54, 1.807) is 36.2 Å². The van der Waals surface area contributed by atoms with Gasteiger partial charge in [0.25, 0.3) is 15.9 Å². The van der Waals surface area contributed by atoms with Crippen molar-refractivity contribution in [3.8, 4) is 0 Å². The van der Waals surface area contributed by atoms with Crippen LogP contribution < -0.4 is 4.72 Å². The summed E-state index contributed by atoms with van der Waals surface area (Å²) in [5.74, 6) is -0.185. The number of carbonyl (C=O) groups excluding carboxylic acids is 1. The van der Waals surface area contributed by atoms with Gasteiger partial charge in [0.2, 0.25) is 0 Å². The first-order valence-corrected chi connectivity index (χ1v) is 11.3. The second-order valence-corrected chi connectivity index (χ2v) is 9.39. The lowest BCUT2D eigenvalue weighted by atomic mass is 9.94. The van der Waals surface area contributed by atoms with Crippen LogP contribution in [-0.4, -0.2) is 32.3 Å². The summed E-state index contributed by atoms with van der Waals surface area (Å²) in [4.78, 5) is 14.5. The van der Waals surface area contributed by atoms with Gasteiger partial charge in [-0.05, 0) is 55.7 Å². The number of nitrogens with zero attached hydrogens (tertiary/aromatic N) is 1. The number of sulfonamides is 1. The summed E-state index contributed by atoms with van der Waals surface area (Å²) in [6.45, 7) is 1.88. The first kappa shape index (κ1) is 20.7. The fourth-order valence-electron chi connectivity index (χ4n) is 3.60. The van der Waals surface area contributed by atoms with Crippen molar-refractivity contribution in [2.75, 3.05) is 11.8 Å². The van der Waals surface area contributed by atoms with Crippen molar-refractivity contribution in [1.82, 2.24) is 4.90 Å². The number of halogens is 1. The molecule has 0 heterocycles. The zero-order chi connectivity index (χ0) is 20.3. The summed E-state index contributed by atoms with van der Waals surface area (Å²) < 4.78 is 28.3. The van der Waals surface area contributed by atoms with E-state index in [1.807, 2.05) is 13.0 Å². The number of aryl methyl sites for hydroxylation is 1. The second kappa shape index (κ2) is 8.53. The molecule has 1 aliphatic carbocycles. The average molecular weight is 421 g/mol. The van der Waals surface area contributed by atoms with Crippen molar-refractivity contribution >= 4 is 33.2 Å². The third-order valence-electron chi connectivity index (χ3n) is 5.18. The zero-order valence-corrected chi connectivity index (χ0v) is 17.7. The minimum Gasteiger partial charge on any atom is -0.339 e. The number of hydrogen-bond acceptors (Lipinski definition) is 3. The van der Waals surface area contributed by atoms with Crippen molar-refractivity contribution in [2.45, 2.75) is 50.0 Å². The third kappa shape index (κ3) is 4.67. The number of benzene rings is 2. The van der Waals surface area contributed by atoms with E-state index in [9.17, 15) is 13.2 Å². The molecule has 0 atom stereocenters. The number of hydrogen-bond donors (Lipinski definition) is 1. The zero-order valence-electron chi connectivity index (χ0n) is 16.1. The summed E-state index contributed by atoms with van der Waals surface area (Å²) >= 11 is 6.17. The molecule has 0 aliphatic heterocycles. The van der Waals surface area contributed by atoms with Gasteiger partial charge in [-0.3, -0.25) is 9.52 Å². The maximum absolute atomic E-state index is 12.9. The Balaban J connectivity index is 1.87. The van der Waals surface area contributed by atoms with Gasteiger partial charge in [0.15, 0.2) is 0 Å². The SMILES string of the molecule is Cc1cccc(NS(=O)(=O)c2cc(C(=O)N(C)C3CCCCC3)ccc2Cl)c1. The van der Waals surface area contributed by atoms with Crippen molar-refractivity contribution in [2.24, 2.45) is 0 Å². The molecule has 28 heavy (non-hydrogen) atoms. The molecule has 5 nitrogen and oxygen atoms in total. The highest BCUT2D eigenvalue weighted by atomic mass is 35.5. The first-order chi connectivity index (χ1) is 13.3. The van der Waals surface area contributed by atoms with E-state index in [-0.39, 0.29) is 21.9 Å². The van der Waals surface area contributed by atoms with Crippen LogP contribution in [0.15, 0.2) is 47.4 Å². The second-order valence-electron chi connectivity index (χ2n) is 7.33. The molecular formula is C21H25ClN2O3S. The summed E-state index contributed by atoms with van der Waals surface area (Å²) in [5.41, 5.74) is 1.71. The fraction of sp³-hybridized carbons (Fsp3) is 0.381. The van der Waals surface area contributed by atoms with Gasteiger partial charge in [-0.2, -0.15) is 0 Å². The predicted octanol–water partition coefficient (Wildman–Crippen LogP) is 4.85. The smallest absolute Gasteiger partial charge is 0.263 e. The fourth-order valence-corrected chi connectivity index (χ4v) is 5.18. The number of nitrogens with one attached hydrogen (secondary N) is 1. The molecular weight excluding hydrogens is 396 g/mol. The molecule has 2 aromatic rings. The number of rotatable bonds is 5. The monoisotopic (exact) mass is 420 g/mol. The van der Waals surface area contributed by atoms with Gasteiger partial charge in [-0.1, -0.05) is 43.0 Å². The van der Waals surface area contributed by atoms with E-state index in [0.29, 0.717) is 11.3 Å². The molecule has 150 valence electrons. The van der Waals surface area contributed by atoms with Crippen LogP contribution in [0.1, 0.15) is 48.0 Å². The largest absolute Gasteiger partial charge is 0.339 e. The molecule has 1 saturated carbocycles. The Morgan fingerprint density at radius 1 is 1.11 bits per heavy atom. The number of carbonyl (C=O) groups is 1. The van der Waals surface area contributed by atoms with Crippen molar-refractivity contribution in [3.05, 3.63) is 58.6 Å². The highest BCUT2D eigenvalue weighted by Crippen LogP contribution is 2.27. The molecule has 0 saturated heterocycles. The maximum Gasteiger partial charge on any atom is 0.263 e. The normalized spacial score (nSPS) is 15.2. The van der Waals surface area contributed by atoms with Crippen LogP contribution in [0.5, 0.6) is 0 Å². The van der Waals surface area contributed by atoms with Crippen LogP contribution >= 0.6 is 11.6 Å².